The van der Waals surface area contributed by atoms with Crippen molar-refractivity contribution in [3.63, 3.8) is 0 Å². The fourth-order valence-corrected chi connectivity index (χ4v) is 2.47. The van der Waals surface area contributed by atoms with Crippen molar-refractivity contribution in [3.8, 4) is 0 Å². The van der Waals surface area contributed by atoms with Crippen molar-refractivity contribution in [1.82, 2.24) is 0 Å². The predicted octanol–water partition coefficient (Wildman–Crippen LogP) is 4.31. The van der Waals surface area contributed by atoms with E-state index in [2.05, 4.69) is 48.5 Å². The molecule has 0 aliphatic rings. The minimum atomic E-state index is 0.221. The Hall–Kier alpha value is 0. The molecule has 0 aliphatic carbocycles. The molecule has 0 aromatic rings. The van der Waals surface area contributed by atoms with Crippen LogP contribution in [0.3, 0.4) is 0 Å². The third kappa shape index (κ3) is 6.69. The highest BCUT2D eigenvalue weighted by molar-refractivity contribution is 4.81. The Balaban J connectivity index is 4.04. The summed E-state index contributed by atoms with van der Waals surface area (Å²) >= 11 is 0. The van der Waals surface area contributed by atoms with E-state index in [1.807, 2.05) is 0 Å². The molecule has 1 radical (unpaired) electrons. The molecule has 12 heavy (non-hydrogen) atoms. The van der Waals surface area contributed by atoms with Crippen LogP contribution in [0.25, 0.3) is 0 Å². The second-order valence-electron chi connectivity index (χ2n) is 6.10. The van der Waals surface area contributed by atoms with Crippen molar-refractivity contribution in [2.24, 2.45) is 16.7 Å². The second kappa shape index (κ2) is 3.81. The molecule has 0 spiro atoms. The van der Waals surface area contributed by atoms with E-state index in [9.17, 15) is 0 Å². The third-order valence-corrected chi connectivity index (χ3v) is 1.92. The molecule has 0 aromatic carbocycles. The normalized spacial score (nSPS) is 14.0. The van der Waals surface area contributed by atoms with E-state index in [4.69, 9.17) is 0 Å². The summed E-state index contributed by atoms with van der Waals surface area (Å²) in [5.41, 5.74) is 0.664. The van der Waals surface area contributed by atoms with Gasteiger partial charge in [0.15, 0.2) is 0 Å². The zero-order chi connectivity index (χ0) is 9.99. The predicted molar refractivity (Wildman–Crippen MR) is 57.0 cm³/mol. The van der Waals surface area contributed by atoms with Crippen LogP contribution in [0.5, 0.6) is 0 Å². The Kier molecular flexibility index (Phi) is 3.81. The van der Waals surface area contributed by atoms with Gasteiger partial charge < -0.3 is 0 Å². The molecule has 0 aromatic heterocycles. The highest BCUT2D eigenvalue weighted by Gasteiger charge is 2.25. The molecular weight excluding hydrogens is 144 g/mol. The van der Waals surface area contributed by atoms with Crippen LogP contribution >= 0.6 is 0 Å². The molecule has 0 heteroatoms. The van der Waals surface area contributed by atoms with Gasteiger partial charge in [-0.05, 0) is 36.5 Å². The summed E-state index contributed by atoms with van der Waals surface area (Å²) in [6.45, 7) is 17.9. The molecule has 0 atom stereocenters. The first kappa shape index (κ1) is 12.0. The Bertz CT molecular complexity index is 123. The largest absolute Gasteiger partial charge is 0.0628 e. The summed E-state index contributed by atoms with van der Waals surface area (Å²) in [5.74, 6) is 0.794. The zero-order valence-electron chi connectivity index (χ0n) is 9.70. The maximum Gasteiger partial charge on any atom is -0.0347 e. The van der Waals surface area contributed by atoms with E-state index in [0.717, 1.165) is 5.92 Å². The van der Waals surface area contributed by atoms with Gasteiger partial charge in [-0.25, -0.2) is 0 Å². The highest BCUT2D eigenvalue weighted by Crippen LogP contribution is 2.37. The average Bonchev–Trinajstić information content (AvgIpc) is 1.48. The SMILES string of the molecule is [CH2]C(C)(C)CC(C)(C)CC(C)C. The maximum atomic E-state index is 4.16. The quantitative estimate of drug-likeness (QED) is 0.588. The maximum absolute atomic E-state index is 4.16. The van der Waals surface area contributed by atoms with Gasteiger partial charge in [0.25, 0.3) is 0 Å². The van der Waals surface area contributed by atoms with Gasteiger partial charge in [-0.1, -0.05) is 41.5 Å². The molecule has 0 saturated heterocycles. The van der Waals surface area contributed by atoms with E-state index in [1.54, 1.807) is 0 Å². The number of rotatable bonds is 4. The summed E-state index contributed by atoms with van der Waals surface area (Å²) in [5, 5.41) is 0. The first-order valence-electron chi connectivity index (χ1n) is 4.98. The van der Waals surface area contributed by atoms with Crippen molar-refractivity contribution in [2.75, 3.05) is 0 Å². The Morgan fingerprint density at radius 3 is 1.75 bits per heavy atom. The van der Waals surface area contributed by atoms with Crippen LogP contribution in [-0.4, -0.2) is 0 Å². The second-order valence-corrected chi connectivity index (χ2v) is 6.10. The lowest BCUT2D eigenvalue weighted by atomic mass is 9.72. The summed E-state index contributed by atoms with van der Waals surface area (Å²) < 4.78 is 0. The number of hydrogen-bond acceptors (Lipinski definition) is 0. The minimum absolute atomic E-state index is 0.221. The van der Waals surface area contributed by atoms with Gasteiger partial charge >= 0.3 is 0 Å². The molecule has 73 valence electrons. The molecule has 0 rings (SSSR count). The summed E-state index contributed by atoms with van der Waals surface area (Å²) in [6, 6.07) is 0. The summed E-state index contributed by atoms with van der Waals surface area (Å²) in [7, 11) is 0. The molecule has 0 aliphatic heterocycles. The van der Waals surface area contributed by atoms with Crippen LogP contribution < -0.4 is 0 Å². The van der Waals surface area contributed by atoms with E-state index in [1.165, 1.54) is 12.8 Å². The van der Waals surface area contributed by atoms with Gasteiger partial charge in [0, 0.05) is 0 Å². The van der Waals surface area contributed by atoms with E-state index < -0.39 is 0 Å². The van der Waals surface area contributed by atoms with Gasteiger partial charge in [-0.15, -0.1) is 0 Å². The van der Waals surface area contributed by atoms with Gasteiger partial charge in [0.1, 0.15) is 0 Å². The van der Waals surface area contributed by atoms with Crippen LogP contribution in [0.1, 0.15) is 54.4 Å². The van der Waals surface area contributed by atoms with Crippen molar-refractivity contribution < 1.29 is 0 Å². The van der Waals surface area contributed by atoms with Crippen molar-refractivity contribution in [1.29, 1.82) is 0 Å². The van der Waals surface area contributed by atoms with Crippen molar-refractivity contribution >= 4 is 0 Å². The zero-order valence-corrected chi connectivity index (χ0v) is 9.70. The van der Waals surface area contributed by atoms with Gasteiger partial charge in [0.2, 0.25) is 0 Å². The molecule has 0 fully saturated rings. The van der Waals surface area contributed by atoms with Crippen LogP contribution in [0.4, 0.5) is 0 Å². The third-order valence-electron chi connectivity index (χ3n) is 1.92. The molecule has 0 unspecified atom stereocenters. The van der Waals surface area contributed by atoms with E-state index >= 15 is 0 Å². The van der Waals surface area contributed by atoms with Crippen LogP contribution in [0.15, 0.2) is 0 Å². The molecule has 0 amide bonds. The molecular formula is C12H25. The molecule has 0 bridgehead atoms. The Morgan fingerprint density at radius 2 is 1.50 bits per heavy atom. The van der Waals surface area contributed by atoms with E-state index in [0.29, 0.717) is 5.41 Å². The smallest absolute Gasteiger partial charge is 0.0347 e. The lowest BCUT2D eigenvalue weighted by Gasteiger charge is -2.33. The van der Waals surface area contributed by atoms with Crippen molar-refractivity contribution in [3.05, 3.63) is 6.92 Å². The fourth-order valence-electron chi connectivity index (χ4n) is 2.47. The standard InChI is InChI=1S/C12H25/c1-10(2)8-12(6,7)9-11(3,4)5/h10H,3,8-9H2,1-2,4-7H3. The van der Waals surface area contributed by atoms with Gasteiger partial charge in [-0.3, -0.25) is 0 Å². The molecule has 0 N–H and O–H groups in total. The van der Waals surface area contributed by atoms with Crippen LogP contribution in [0.2, 0.25) is 0 Å². The first-order valence-corrected chi connectivity index (χ1v) is 4.98. The van der Waals surface area contributed by atoms with Crippen molar-refractivity contribution in [2.45, 2.75) is 54.4 Å². The topological polar surface area (TPSA) is 0 Å². The van der Waals surface area contributed by atoms with E-state index in [-0.39, 0.29) is 5.41 Å². The lowest BCUT2D eigenvalue weighted by Crippen LogP contribution is -2.22. The lowest BCUT2D eigenvalue weighted by molar-refractivity contribution is 0.196. The minimum Gasteiger partial charge on any atom is -0.0628 e. The molecule has 0 heterocycles. The first-order chi connectivity index (χ1) is 5.12. The Labute approximate surface area is 78.8 Å². The highest BCUT2D eigenvalue weighted by atomic mass is 14.3. The van der Waals surface area contributed by atoms with Crippen LogP contribution in [-0.2, 0) is 0 Å². The van der Waals surface area contributed by atoms with Gasteiger partial charge in [0.05, 0.1) is 0 Å². The molecule has 0 saturated carbocycles. The van der Waals surface area contributed by atoms with Gasteiger partial charge in [-0.2, -0.15) is 0 Å². The summed E-state index contributed by atoms with van der Waals surface area (Å²) in [6.07, 6.45) is 2.50. The molecule has 0 nitrogen and oxygen atoms in total. The Morgan fingerprint density at radius 1 is 1.08 bits per heavy atom. The monoisotopic (exact) mass is 169 g/mol. The van der Waals surface area contributed by atoms with Crippen LogP contribution in [0, 0.1) is 23.7 Å². The number of hydrogen-bond donors (Lipinski definition) is 0. The fraction of sp³-hybridized carbons (Fsp3) is 0.917. The summed E-state index contributed by atoms with van der Waals surface area (Å²) in [4.78, 5) is 0. The average molecular weight is 169 g/mol.